The number of rotatable bonds is 8. The summed E-state index contributed by atoms with van der Waals surface area (Å²) in [5.41, 5.74) is 13.9. The van der Waals surface area contributed by atoms with E-state index in [1.807, 2.05) is 0 Å². The van der Waals surface area contributed by atoms with Crippen LogP contribution in [0.2, 0.25) is 0 Å². The average molecular weight is 458 g/mol. The Morgan fingerprint density at radius 1 is 1.22 bits per heavy atom. The second-order valence-electron chi connectivity index (χ2n) is 8.75. The van der Waals surface area contributed by atoms with Crippen LogP contribution in [0.1, 0.15) is 40.8 Å². The van der Waals surface area contributed by atoms with Crippen LogP contribution in [-0.4, -0.2) is 58.1 Å². The standard InChI is InChI=1S/C20H32FN5O6/c1-9(2)13(23)16(27)30-8-11-15(32-17(28)14(24)10(3)4)20(5,21)18(31-11)26-7-6-12(22)25-19(26)29/h6-7,9-11,13-15,18H,8,23-24H2,1-5H3,(H2,22,25,29)/t11-,13?,14?,15+,18-,20?/m1/s1. The Morgan fingerprint density at radius 2 is 1.78 bits per heavy atom. The maximum atomic E-state index is 16.0. The third kappa shape index (κ3) is 5.43. The van der Waals surface area contributed by atoms with Crippen molar-refractivity contribution in [2.24, 2.45) is 23.3 Å². The first-order valence-corrected chi connectivity index (χ1v) is 10.3. The molecule has 1 saturated heterocycles. The molecule has 1 aliphatic rings. The summed E-state index contributed by atoms with van der Waals surface area (Å²) in [7, 11) is 0. The first kappa shape index (κ1) is 25.7. The van der Waals surface area contributed by atoms with Gasteiger partial charge in [-0.2, -0.15) is 4.98 Å². The minimum Gasteiger partial charge on any atom is -0.462 e. The van der Waals surface area contributed by atoms with E-state index in [1.165, 1.54) is 12.3 Å². The summed E-state index contributed by atoms with van der Waals surface area (Å²) in [6.07, 6.45) is -3.07. The van der Waals surface area contributed by atoms with E-state index in [2.05, 4.69) is 4.98 Å². The zero-order valence-corrected chi connectivity index (χ0v) is 18.9. The van der Waals surface area contributed by atoms with Gasteiger partial charge in [-0.15, -0.1) is 0 Å². The average Bonchev–Trinajstić information content (AvgIpc) is 2.94. The number of aromatic nitrogens is 2. The number of carbonyl (C=O) groups is 2. The molecule has 11 nitrogen and oxygen atoms in total. The first-order chi connectivity index (χ1) is 14.8. The molecule has 1 fully saturated rings. The molecule has 180 valence electrons. The highest BCUT2D eigenvalue weighted by Crippen LogP contribution is 2.42. The number of hydrogen-bond donors (Lipinski definition) is 3. The molecule has 1 aromatic rings. The Balaban J connectivity index is 2.34. The molecule has 0 amide bonds. The van der Waals surface area contributed by atoms with Gasteiger partial charge in [0.05, 0.1) is 0 Å². The molecule has 2 heterocycles. The van der Waals surface area contributed by atoms with Gasteiger partial charge in [0.25, 0.3) is 0 Å². The van der Waals surface area contributed by atoms with Gasteiger partial charge >= 0.3 is 17.6 Å². The zero-order chi connectivity index (χ0) is 24.4. The van der Waals surface area contributed by atoms with Crippen molar-refractivity contribution in [3.8, 4) is 0 Å². The van der Waals surface area contributed by atoms with E-state index in [9.17, 15) is 14.4 Å². The maximum absolute atomic E-state index is 16.0. The number of carbonyl (C=O) groups excluding carboxylic acids is 2. The fraction of sp³-hybridized carbons (Fsp3) is 0.700. The number of nitrogen functional groups attached to an aromatic ring is 1. The third-order valence-corrected chi connectivity index (χ3v) is 5.40. The smallest absolute Gasteiger partial charge is 0.351 e. The Hall–Kier alpha value is -2.57. The van der Waals surface area contributed by atoms with Crippen LogP contribution in [0.15, 0.2) is 17.1 Å². The van der Waals surface area contributed by atoms with Gasteiger partial charge in [-0.05, 0) is 24.8 Å². The van der Waals surface area contributed by atoms with Gasteiger partial charge in [0.2, 0.25) is 0 Å². The number of nitrogens with two attached hydrogens (primary N) is 3. The van der Waals surface area contributed by atoms with E-state index in [1.54, 1.807) is 27.7 Å². The highest BCUT2D eigenvalue weighted by Gasteiger charge is 2.58. The van der Waals surface area contributed by atoms with E-state index in [0.29, 0.717) is 0 Å². The Bertz CT molecular complexity index is 889. The molecular weight excluding hydrogens is 425 g/mol. The quantitative estimate of drug-likeness (QED) is 0.446. The molecule has 0 radical (unpaired) electrons. The molecule has 3 unspecified atom stereocenters. The number of nitrogens with zero attached hydrogens (tertiary/aromatic N) is 2. The van der Waals surface area contributed by atoms with Gasteiger partial charge in [-0.25, -0.2) is 9.18 Å². The van der Waals surface area contributed by atoms with Crippen molar-refractivity contribution in [3.05, 3.63) is 22.7 Å². The summed E-state index contributed by atoms with van der Waals surface area (Å²) >= 11 is 0. The summed E-state index contributed by atoms with van der Waals surface area (Å²) in [4.78, 5) is 40.5. The normalized spacial score (nSPS) is 27.4. The molecule has 6 N–H and O–H groups in total. The van der Waals surface area contributed by atoms with Crippen LogP contribution in [0.5, 0.6) is 0 Å². The van der Waals surface area contributed by atoms with Crippen LogP contribution in [0, 0.1) is 11.8 Å². The molecule has 6 atom stereocenters. The van der Waals surface area contributed by atoms with Crippen LogP contribution in [0.4, 0.5) is 10.2 Å². The molecule has 0 aromatic carbocycles. The predicted molar refractivity (Wildman–Crippen MR) is 113 cm³/mol. The van der Waals surface area contributed by atoms with Crippen molar-refractivity contribution in [3.63, 3.8) is 0 Å². The number of ether oxygens (including phenoxy) is 3. The topological polar surface area (TPSA) is 175 Å². The van der Waals surface area contributed by atoms with Crippen LogP contribution < -0.4 is 22.9 Å². The van der Waals surface area contributed by atoms with E-state index in [4.69, 9.17) is 31.4 Å². The number of alkyl halides is 1. The lowest BCUT2D eigenvalue weighted by molar-refractivity contribution is -0.164. The summed E-state index contributed by atoms with van der Waals surface area (Å²) in [5.74, 6) is -2.08. The van der Waals surface area contributed by atoms with Crippen molar-refractivity contribution in [2.75, 3.05) is 12.3 Å². The van der Waals surface area contributed by atoms with Gasteiger partial charge in [0.15, 0.2) is 18.0 Å². The lowest BCUT2D eigenvalue weighted by Gasteiger charge is -2.29. The van der Waals surface area contributed by atoms with Crippen molar-refractivity contribution >= 4 is 17.8 Å². The first-order valence-electron chi connectivity index (χ1n) is 10.3. The second-order valence-corrected chi connectivity index (χ2v) is 8.75. The number of hydrogen-bond acceptors (Lipinski definition) is 10. The third-order valence-electron chi connectivity index (χ3n) is 5.40. The van der Waals surface area contributed by atoms with E-state index >= 15 is 4.39 Å². The predicted octanol–water partition coefficient (Wildman–Crippen LogP) is -0.127. The Morgan fingerprint density at radius 3 is 2.31 bits per heavy atom. The van der Waals surface area contributed by atoms with Crippen molar-refractivity contribution < 1.29 is 28.2 Å². The summed E-state index contributed by atoms with van der Waals surface area (Å²) in [6, 6.07) is -0.613. The molecule has 0 bridgehead atoms. The molecule has 2 rings (SSSR count). The second kappa shape index (κ2) is 9.92. The largest absolute Gasteiger partial charge is 0.462 e. The van der Waals surface area contributed by atoms with Crippen LogP contribution in [0.3, 0.4) is 0 Å². The van der Waals surface area contributed by atoms with Gasteiger partial charge in [-0.3, -0.25) is 14.2 Å². The molecule has 1 aliphatic heterocycles. The minimum absolute atomic E-state index is 0.0520. The highest BCUT2D eigenvalue weighted by atomic mass is 19.1. The number of anilines is 1. The minimum atomic E-state index is -2.40. The van der Waals surface area contributed by atoms with Gasteiger partial charge in [0.1, 0.15) is 30.6 Å². The summed E-state index contributed by atoms with van der Waals surface area (Å²) in [5, 5.41) is 0. The fourth-order valence-corrected chi connectivity index (χ4v) is 3.14. The molecule has 12 heteroatoms. The number of esters is 2. The zero-order valence-electron chi connectivity index (χ0n) is 18.9. The lowest BCUT2D eigenvalue weighted by Crippen LogP contribution is -2.49. The Labute approximate surface area is 185 Å². The van der Waals surface area contributed by atoms with Crippen molar-refractivity contribution in [1.29, 1.82) is 0 Å². The van der Waals surface area contributed by atoms with Gasteiger partial charge < -0.3 is 31.4 Å². The van der Waals surface area contributed by atoms with Crippen LogP contribution in [0.25, 0.3) is 0 Å². The molecule has 32 heavy (non-hydrogen) atoms. The SMILES string of the molecule is CC(C)C(N)C(=O)OC[C@H]1O[C@@H](n2ccc(N)nc2=O)C(C)(F)[C@H]1OC(=O)C(N)C(C)C. The summed E-state index contributed by atoms with van der Waals surface area (Å²) in [6.45, 7) is 7.56. The fourth-order valence-electron chi connectivity index (χ4n) is 3.14. The van der Waals surface area contributed by atoms with Crippen LogP contribution in [-0.2, 0) is 23.8 Å². The van der Waals surface area contributed by atoms with Gasteiger partial charge in [0, 0.05) is 6.20 Å². The monoisotopic (exact) mass is 457 g/mol. The molecular formula is C20H32FN5O6. The maximum Gasteiger partial charge on any atom is 0.351 e. The van der Waals surface area contributed by atoms with Crippen molar-refractivity contribution in [2.45, 2.75) is 70.8 Å². The highest BCUT2D eigenvalue weighted by molar-refractivity contribution is 5.76. The van der Waals surface area contributed by atoms with E-state index in [-0.39, 0.29) is 17.7 Å². The molecule has 0 aliphatic carbocycles. The molecule has 0 spiro atoms. The summed E-state index contributed by atoms with van der Waals surface area (Å²) < 4.78 is 33.1. The van der Waals surface area contributed by atoms with Crippen molar-refractivity contribution in [1.82, 2.24) is 9.55 Å². The number of halogens is 1. The van der Waals surface area contributed by atoms with Gasteiger partial charge in [-0.1, -0.05) is 27.7 Å². The van der Waals surface area contributed by atoms with E-state index < -0.39 is 60.4 Å². The van der Waals surface area contributed by atoms with Crippen LogP contribution >= 0.6 is 0 Å². The lowest BCUT2D eigenvalue weighted by atomic mass is 9.97. The molecule has 1 aromatic heterocycles. The Kier molecular flexibility index (Phi) is 7.97. The molecule has 0 saturated carbocycles. The van der Waals surface area contributed by atoms with E-state index in [0.717, 1.165) is 11.5 Å².